The highest BCUT2D eigenvalue weighted by Gasteiger charge is 2.32. The Morgan fingerprint density at radius 1 is 1.19 bits per heavy atom. The van der Waals surface area contributed by atoms with Gasteiger partial charge in [0.15, 0.2) is 5.96 Å². The number of nitrogens with one attached hydrogen (secondary N) is 2. The number of esters is 1. The van der Waals surface area contributed by atoms with Crippen molar-refractivity contribution in [1.29, 1.82) is 0 Å². The van der Waals surface area contributed by atoms with Gasteiger partial charge < -0.3 is 20.3 Å². The lowest BCUT2D eigenvalue weighted by Crippen LogP contribution is -2.45. The number of guanidine groups is 1. The Morgan fingerprint density at radius 2 is 1.96 bits per heavy atom. The summed E-state index contributed by atoms with van der Waals surface area (Å²) in [5.41, 5.74) is 0. The fourth-order valence-corrected chi connectivity index (χ4v) is 3.70. The van der Waals surface area contributed by atoms with E-state index in [1.165, 1.54) is 20.0 Å². The fourth-order valence-electron chi connectivity index (χ4n) is 3.70. The number of hydrogen-bond acceptors (Lipinski definition) is 4. The topological polar surface area (TPSA) is 83.0 Å². The molecule has 1 unspecified atom stereocenters. The SMILES string of the molecule is CCNC(=NCCCCC(=O)OC)NC1CCN(C(=O)C2CCCC2)C1. The summed E-state index contributed by atoms with van der Waals surface area (Å²) in [4.78, 5) is 30.3. The maximum absolute atomic E-state index is 12.5. The Morgan fingerprint density at radius 3 is 2.65 bits per heavy atom. The molecule has 2 N–H and O–H groups in total. The number of likely N-dealkylation sites (tertiary alicyclic amines) is 1. The van der Waals surface area contributed by atoms with Crippen molar-refractivity contribution < 1.29 is 14.3 Å². The summed E-state index contributed by atoms with van der Waals surface area (Å²) in [6.45, 7) is 5.11. The van der Waals surface area contributed by atoms with Crippen molar-refractivity contribution in [1.82, 2.24) is 15.5 Å². The Bertz CT molecular complexity index is 489. The predicted molar refractivity (Wildman–Crippen MR) is 102 cm³/mol. The number of methoxy groups -OCH3 is 1. The van der Waals surface area contributed by atoms with Gasteiger partial charge in [-0.25, -0.2) is 0 Å². The molecule has 0 aromatic carbocycles. The zero-order chi connectivity index (χ0) is 18.8. The molecule has 7 nitrogen and oxygen atoms in total. The number of amides is 1. The van der Waals surface area contributed by atoms with Crippen LogP contribution in [0.1, 0.15) is 58.3 Å². The summed E-state index contributed by atoms with van der Waals surface area (Å²) in [6.07, 6.45) is 7.54. The Hall–Kier alpha value is -1.79. The van der Waals surface area contributed by atoms with Crippen LogP contribution in [-0.2, 0) is 14.3 Å². The molecule has 1 saturated carbocycles. The minimum atomic E-state index is -0.169. The highest BCUT2D eigenvalue weighted by Crippen LogP contribution is 2.27. The van der Waals surface area contributed by atoms with Gasteiger partial charge in [-0.1, -0.05) is 12.8 Å². The molecule has 0 aromatic heterocycles. The lowest BCUT2D eigenvalue weighted by molar-refractivity contribution is -0.140. The molecule has 1 saturated heterocycles. The van der Waals surface area contributed by atoms with Gasteiger partial charge in [0.25, 0.3) is 0 Å². The minimum Gasteiger partial charge on any atom is -0.469 e. The van der Waals surface area contributed by atoms with Gasteiger partial charge in [-0.3, -0.25) is 14.6 Å². The van der Waals surface area contributed by atoms with Gasteiger partial charge in [-0.2, -0.15) is 0 Å². The first kappa shape index (κ1) is 20.5. The molecule has 1 aliphatic heterocycles. The van der Waals surface area contributed by atoms with E-state index in [4.69, 9.17) is 0 Å². The molecule has 0 radical (unpaired) electrons. The molecule has 1 atom stereocenters. The maximum Gasteiger partial charge on any atom is 0.305 e. The number of aliphatic imine (C=N–C) groups is 1. The molecule has 1 aliphatic carbocycles. The average molecular weight is 367 g/mol. The molecule has 0 bridgehead atoms. The summed E-state index contributed by atoms with van der Waals surface area (Å²) in [7, 11) is 1.41. The van der Waals surface area contributed by atoms with Crippen molar-refractivity contribution in [3.63, 3.8) is 0 Å². The van der Waals surface area contributed by atoms with Crippen molar-refractivity contribution in [2.24, 2.45) is 10.9 Å². The van der Waals surface area contributed by atoms with Crippen LogP contribution in [0.15, 0.2) is 4.99 Å². The maximum atomic E-state index is 12.5. The molecule has 2 rings (SSSR count). The van der Waals surface area contributed by atoms with Crippen molar-refractivity contribution in [2.75, 3.05) is 33.3 Å². The number of ether oxygens (including phenoxy) is 1. The largest absolute Gasteiger partial charge is 0.469 e. The second-order valence-electron chi connectivity index (χ2n) is 7.19. The van der Waals surface area contributed by atoms with E-state index < -0.39 is 0 Å². The monoisotopic (exact) mass is 366 g/mol. The third kappa shape index (κ3) is 6.50. The molecular formula is C19H34N4O3. The average Bonchev–Trinajstić information content (AvgIpc) is 3.32. The molecule has 2 aliphatic rings. The van der Waals surface area contributed by atoms with Crippen molar-refractivity contribution in [2.45, 2.75) is 64.3 Å². The molecule has 26 heavy (non-hydrogen) atoms. The molecule has 1 amide bonds. The van der Waals surface area contributed by atoms with Gasteiger partial charge in [-0.15, -0.1) is 0 Å². The van der Waals surface area contributed by atoms with Gasteiger partial charge >= 0.3 is 5.97 Å². The second-order valence-corrected chi connectivity index (χ2v) is 7.19. The second kappa shape index (κ2) is 11.0. The molecule has 7 heteroatoms. The van der Waals surface area contributed by atoms with Gasteiger partial charge in [0.05, 0.1) is 7.11 Å². The van der Waals surface area contributed by atoms with Crippen molar-refractivity contribution in [3.8, 4) is 0 Å². The Labute approximate surface area is 156 Å². The van der Waals surface area contributed by atoms with Gasteiger partial charge in [0.2, 0.25) is 5.91 Å². The van der Waals surface area contributed by atoms with Crippen LogP contribution < -0.4 is 10.6 Å². The van der Waals surface area contributed by atoms with Crippen LogP contribution in [0.25, 0.3) is 0 Å². The standard InChI is InChI=1S/C19H34N4O3/c1-3-20-19(21-12-7-6-10-17(24)26-2)22-16-11-13-23(14-16)18(25)15-8-4-5-9-15/h15-16H,3-14H2,1-2H3,(H2,20,21,22). The lowest BCUT2D eigenvalue weighted by atomic mass is 10.1. The van der Waals surface area contributed by atoms with Crippen LogP contribution in [0.3, 0.4) is 0 Å². The first-order chi connectivity index (χ1) is 12.6. The molecule has 2 fully saturated rings. The van der Waals surface area contributed by atoms with E-state index in [-0.39, 0.29) is 17.9 Å². The first-order valence-corrected chi connectivity index (χ1v) is 10.0. The molecular weight excluding hydrogens is 332 g/mol. The number of unbranched alkanes of at least 4 members (excludes halogenated alkanes) is 1. The number of hydrogen-bond donors (Lipinski definition) is 2. The summed E-state index contributed by atoms with van der Waals surface area (Å²) in [6, 6.07) is 0.258. The van der Waals surface area contributed by atoms with E-state index in [1.54, 1.807) is 0 Å². The van der Waals surface area contributed by atoms with E-state index in [9.17, 15) is 9.59 Å². The van der Waals surface area contributed by atoms with Gasteiger partial charge in [-0.05, 0) is 39.0 Å². The highest BCUT2D eigenvalue weighted by molar-refractivity contribution is 5.81. The summed E-state index contributed by atoms with van der Waals surface area (Å²) in [5, 5.41) is 6.72. The van der Waals surface area contributed by atoms with Crippen LogP contribution >= 0.6 is 0 Å². The van der Waals surface area contributed by atoms with E-state index in [0.717, 1.165) is 57.7 Å². The van der Waals surface area contributed by atoms with Crippen LogP contribution in [-0.4, -0.2) is 62.1 Å². The number of nitrogens with zero attached hydrogens (tertiary/aromatic N) is 2. The lowest BCUT2D eigenvalue weighted by Gasteiger charge is -2.21. The normalized spacial score (nSPS) is 21.1. The van der Waals surface area contributed by atoms with Crippen molar-refractivity contribution >= 4 is 17.8 Å². The zero-order valence-electron chi connectivity index (χ0n) is 16.3. The number of carbonyl (C=O) groups is 2. The third-order valence-electron chi connectivity index (χ3n) is 5.18. The number of carbonyl (C=O) groups excluding carboxylic acids is 2. The van der Waals surface area contributed by atoms with Crippen LogP contribution in [0, 0.1) is 5.92 Å². The smallest absolute Gasteiger partial charge is 0.305 e. The highest BCUT2D eigenvalue weighted by atomic mass is 16.5. The quantitative estimate of drug-likeness (QED) is 0.296. The Balaban J connectivity index is 1.73. The Kier molecular flexibility index (Phi) is 8.71. The molecule has 0 aromatic rings. The predicted octanol–water partition coefficient (Wildman–Crippen LogP) is 1.68. The van der Waals surface area contributed by atoms with Gasteiger partial charge in [0.1, 0.15) is 0 Å². The van der Waals surface area contributed by atoms with Gasteiger partial charge in [0, 0.05) is 44.6 Å². The summed E-state index contributed by atoms with van der Waals surface area (Å²) >= 11 is 0. The fraction of sp³-hybridized carbons (Fsp3) is 0.842. The zero-order valence-corrected chi connectivity index (χ0v) is 16.3. The summed E-state index contributed by atoms with van der Waals surface area (Å²) in [5.74, 6) is 1.23. The molecule has 148 valence electrons. The van der Waals surface area contributed by atoms with Crippen LogP contribution in [0.4, 0.5) is 0 Å². The van der Waals surface area contributed by atoms with E-state index in [2.05, 4.69) is 20.4 Å². The molecule has 1 heterocycles. The van der Waals surface area contributed by atoms with E-state index in [0.29, 0.717) is 18.9 Å². The third-order valence-corrected chi connectivity index (χ3v) is 5.18. The minimum absolute atomic E-state index is 0.169. The van der Waals surface area contributed by atoms with Crippen molar-refractivity contribution in [3.05, 3.63) is 0 Å². The number of rotatable bonds is 8. The van der Waals surface area contributed by atoms with E-state index in [1.807, 2.05) is 11.8 Å². The first-order valence-electron chi connectivity index (χ1n) is 10.0. The molecule has 0 spiro atoms. The summed E-state index contributed by atoms with van der Waals surface area (Å²) < 4.78 is 4.64. The van der Waals surface area contributed by atoms with E-state index >= 15 is 0 Å². The van der Waals surface area contributed by atoms with Crippen LogP contribution in [0.2, 0.25) is 0 Å². The van der Waals surface area contributed by atoms with Crippen LogP contribution in [0.5, 0.6) is 0 Å².